The van der Waals surface area contributed by atoms with Crippen molar-refractivity contribution in [1.82, 2.24) is 10.6 Å². The number of ether oxygens (including phenoxy) is 2. The van der Waals surface area contributed by atoms with E-state index in [-0.39, 0.29) is 6.04 Å². The van der Waals surface area contributed by atoms with Gasteiger partial charge >= 0.3 is 0 Å². The number of rotatable bonds is 11. The fraction of sp³-hybridized carbons (Fsp3) is 0.846. The largest absolute Gasteiger partial charge is 0.380 e. The molecule has 0 spiro atoms. The van der Waals surface area contributed by atoms with Crippen LogP contribution in [0, 0.1) is 11.8 Å². The minimum atomic E-state index is 0.263. The monoisotopic (exact) mass is 242 g/mol. The van der Waals surface area contributed by atoms with Crippen molar-refractivity contribution < 1.29 is 9.47 Å². The first-order chi connectivity index (χ1) is 8.35. The molecule has 0 amide bonds. The summed E-state index contributed by atoms with van der Waals surface area (Å²) in [6.45, 7) is 5.69. The van der Waals surface area contributed by atoms with Crippen molar-refractivity contribution in [2.24, 2.45) is 0 Å². The Morgan fingerprint density at radius 2 is 1.82 bits per heavy atom. The maximum atomic E-state index is 5.56. The zero-order valence-electron chi connectivity index (χ0n) is 11.3. The van der Waals surface area contributed by atoms with Crippen LogP contribution in [0.3, 0.4) is 0 Å². The van der Waals surface area contributed by atoms with Gasteiger partial charge in [-0.3, -0.25) is 0 Å². The van der Waals surface area contributed by atoms with Gasteiger partial charge in [-0.2, -0.15) is 0 Å². The van der Waals surface area contributed by atoms with Gasteiger partial charge in [0.05, 0.1) is 25.9 Å². The molecule has 0 aliphatic carbocycles. The molecule has 0 fully saturated rings. The highest BCUT2D eigenvalue weighted by molar-refractivity contribution is 4.94. The Bertz CT molecular complexity index is 211. The molecular weight excluding hydrogens is 216 g/mol. The highest BCUT2D eigenvalue weighted by Crippen LogP contribution is 1.91. The van der Waals surface area contributed by atoms with Gasteiger partial charge in [0.1, 0.15) is 0 Å². The summed E-state index contributed by atoms with van der Waals surface area (Å²) in [6.07, 6.45) is 1.84. The lowest BCUT2D eigenvalue weighted by molar-refractivity contribution is 0.0593. The van der Waals surface area contributed by atoms with Crippen LogP contribution in [0.25, 0.3) is 0 Å². The average molecular weight is 242 g/mol. The fourth-order valence-electron chi connectivity index (χ4n) is 1.27. The Balaban J connectivity index is 3.38. The predicted molar refractivity (Wildman–Crippen MR) is 71.1 cm³/mol. The van der Waals surface area contributed by atoms with E-state index in [1.54, 1.807) is 0 Å². The Hall–Kier alpha value is -0.600. The Kier molecular flexibility index (Phi) is 13.0. The molecule has 0 aromatic heterocycles. The molecule has 0 rings (SSSR count). The van der Waals surface area contributed by atoms with Gasteiger partial charge in [0.15, 0.2) is 0 Å². The van der Waals surface area contributed by atoms with Crippen molar-refractivity contribution in [3.8, 4) is 11.8 Å². The van der Waals surface area contributed by atoms with Crippen molar-refractivity contribution in [3.05, 3.63) is 0 Å². The second-order valence-electron chi connectivity index (χ2n) is 3.77. The SMILES string of the molecule is CC#CCCOCC(COCCCNC)NC. The molecule has 0 radical (unpaired) electrons. The van der Waals surface area contributed by atoms with Crippen molar-refractivity contribution in [3.63, 3.8) is 0 Å². The van der Waals surface area contributed by atoms with E-state index in [2.05, 4.69) is 22.5 Å². The van der Waals surface area contributed by atoms with Crippen molar-refractivity contribution >= 4 is 0 Å². The standard InChI is InChI=1S/C13H26N2O2/c1-4-5-6-9-16-11-13(15-3)12-17-10-7-8-14-2/h13-15H,6-12H2,1-3H3. The molecule has 0 aliphatic rings. The first-order valence-electron chi connectivity index (χ1n) is 6.22. The molecule has 4 heteroatoms. The lowest BCUT2D eigenvalue weighted by Gasteiger charge is -2.16. The third-order valence-corrected chi connectivity index (χ3v) is 2.31. The average Bonchev–Trinajstić information content (AvgIpc) is 2.36. The van der Waals surface area contributed by atoms with E-state index in [0.717, 1.165) is 26.0 Å². The van der Waals surface area contributed by atoms with Crippen LogP contribution in [0.4, 0.5) is 0 Å². The molecule has 1 unspecified atom stereocenters. The van der Waals surface area contributed by atoms with Crippen LogP contribution in [-0.4, -0.2) is 53.1 Å². The first-order valence-corrected chi connectivity index (χ1v) is 6.22. The minimum absolute atomic E-state index is 0.263. The molecule has 0 bridgehead atoms. The van der Waals surface area contributed by atoms with Gasteiger partial charge in [0.2, 0.25) is 0 Å². The first kappa shape index (κ1) is 16.4. The van der Waals surface area contributed by atoms with E-state index < -0.39 is 0 Å². The van der Waals surface area contributed by atoms with E-state index in [1.165, 1.54) is 0 Å². The van der Waals surface area contributed by atoms with Gasteiger partial charge in [-0.15, -0.1) is 11.8 Å². The number of likely N-dealkylation sites (N-methyl/N-ethyl adjacent to an activating group) is 1. The summed E-state index contributed by atoms with van der Waals surface area (Å²) in [4.78, 5) is 0. The van der Waals surface area contributed by atoms with Gasteiger partial charge < -0.3 is 20.1 Å². The van der Waals surface area contributed by atoms with Crippen LogP contribution < -0.4 is 10.6 Å². The molecule has 0 saturated carbocycles. The van der Waals surface area contributed by atoms with E-state index in [4.69, 9.17) is 9.47 Å². The number of hydrogen-bond donors (Lipinski definition) is 2. The maximum absolute atomic E-state index is 5.56. The molecule has 0 heterocycles. The summed E-state index contributed by atoms with van der Waals surface area (Å²) in [5.74, 6) is 5.82. The number of nitrogens with one attached hydrogen (secondary N) is 2. The molecular formula is C13H26N2O2. The van der Waals surface area contributed by atoms with Crippen LogP contribution in [-0.2, 0) is 9.47 Å². The van der Waals surface area contributed by atoms with Crippen LogP contribution in [0.5, 0.6) is 0 Å². The maximum Gasteiger partial charge on any atom is 0.0642 e. The van der Waals surface area contributed by atoms with Gasteiger partial charge in [0, 0.05) is 13.0 Å². The molecule has 0 aromatic rings. The molecule has 17 heavy (non-hydrogen) atoms. The third-order valence-electron chi connectivity index (χ3n) is 2.31. The highest BCUT2D eigenvalue weighted by atomic mass is 16.5. The second-order valence-corrected chi connectivity index (χ2v) is 3.77. The van der Waals surface area contributed by atoms with Gasteiger partial charge in [-0.05, 0) is 34.0 Å². The predicted octanol–water partition coefficient (Wildman–Crippen LogP) is 0.631. The topological polar surface area (TPSA) is 42.5 Å². The zero-order valence-corrected chi connectivity index (χ0v) is 11.3. The molecule has 2 N–H and O–H groups in total. The zero-order chi connectivity index (χ0) is 12.8. The van der Waals surface area contributed by atoms with Crippen LogP contribution in [0.15, 0.2) is 0 Å². The second kappa shape index (κ2) is 13.5. The minimum Gasteiger partial charge on any atom is -0.380 e. The van der Waals surface area contributed by atoms with Crippen molar-refractivity contribution in [2.75, 3.05) is 47.1 Å². The van der Waals surface area contributed by atoms with E-state index in [0.29, 0.717) is 19.8 Å². The van der Waals surface area contributed by atoms with E-state index in [9.17, 15) is 0 Å². The Morgan fingerprint density at radius 3 is 2.41 bits per heavy atom. The van der Waals surface area contributed by atoms with Crippen LogP contribution in [0.2, 0.25) is 0 Å². The molecule has 0 aliphatic heterocycles. The quantitative estimate of drug-likeness (QED) is 0.412. The molecule has 0 saturated heterocycles. The Morgan fingerprint density at radius 1 is 1.12 bits per heavy atom. The molecule has 1 atom stereocenters. The lowest BCUT2D eigenvalue weighted by Crippen LogP contribution is -2.35. The smallest absolute Gasteiger partial charge is 0.0642 e. The highest BCUT2D eigenvalue weighted by Gasteiger charge is 2.05. The summed E-state index contributed by atoms with van der Waals surface area (Å²) < 4.78 is 11.1. The van der Waals surface area contributed by atoms with E-state index >= 15 is 0 Å². The van der Waals surface area contributed by atoms with Crippen LogP contribution in [0.1, 0.15) is 19.8 Å². The summed E-state index contributed by atoms with van der Waals surface area (Å²) >= 11 is 0. The van der Waals surface area contributed by atoms with E-state index in [1.807, 2.05) is 21.0 Å². The van der Waals surface area contributed by atoms with Gasteiger partial charge in [0.25, 0.3) is 0 Å². The lowest BCUT2D eigenvalue weighted by atomic mass is 10.3. The summed E-state index contributed by atoms with van der Waals surface area (Å²) in [7, 11) is 3.88. The normalized spacial score (nSPS) is 11.9. The van der Waals surface area contributed by atoms with Crippen LogP contribution >= 0.6 is 0 Å². The van der Waals surface area contributed by atoms with Crippen molar-refractivity contribution in [2.45, 2.75) is 25.8 Å². The molecule has 4 nitrogen and oxygen atoms in total. The third kappa shape index (κ3) is 11.7. The Labute approximate surface area is 105 Å². The van der Waals surface area contributed by atoms with Crippen molar-refractivity contribution in [1.29, 1.82) is 0 Å². The summed E-state index contributed by atoms with van der Waals surface area (Å²) in [5, 5.41) is 6.27. The number of hydrogen-bond acceptors (Lipinski definition) is 4. The molecule has 0 aromatic carbocycles. The molecule has 100 valence electrons. The summed E-state index contributed by atoms with van der Waals surface area (Å²) in [6, 6.07) is 0.263. The fourth-order valence-corrected chi connectivity index (χ4v) is 1.27. The summed E-state index contributed by atoms with van der Waals surface area (Å²) in [5.41, 5.74) is 0. The van der Waals surface area contributed by atoms with Gasteiger partial charge in [-0.25, -0.2) is 0 Å². The van der Waals surface area contributed by atoms with Gasteiger partial charge in [-0.1, -0.05) is 0 Å².